The number of aromatic amines is 1. The molecule has 1 aromatic heterocycles. The van der Waals surface area contributed by atoms with Gasteiger partial charge in [-0.1, -0.05) is 0 Å². The van der Waals surface area contributed by atoms with E-state index in [0.717, 1.165) is 0 Å². The number of benzene rings is 1. The molecular formula is C13H13N3O4. The van der Waals surface area contributed by atoms with Gasteiger partial charge in [-0.15, -0.1) is 0 Å². The number of aromatic nitrogens is 2. The van der Waals surface area contributed by atoms with Gasteiger partial charge in [0, 0.05) is 12.7 Å². The van der Waals surface area contributed by atoms with Gasteiger partial charge in [0.05, 0.1) is 19.0 Å². The zero-order valence-electron chi connectivity index (χ0n) is 11.0. The molecule has 0 saturated carbocycles. The molecule has 0 atom stereocenters. The van der Waals surface area contributed by atoms with Crippen molar-refractivity contribution >= 4 is 17.5 Å². The van der Waals surface area contributed by atoms with Crippen molar-refractivity contribution in [3.63, 3.8) is 0 Å². The van der Waals surface area contributed by atoms with E-state index in [0.29, 0.717) is 11.5 Å². The van der Waals surface area contributed by atoms with Crippen LogP contribution in [0, 0.1) is 0 Å². The smallest absolute Gasteiger partial charge is 0.335 e. The number of carboxylic acid groups (broad SMARTS) is 1. The number of hydrogen-bond donors (Lipinski definition) is 2. The monoisotopic (exact) mass is 275 g/mol. The molecular weight excluding hydrogens is 262 g/mol. The van der Waals surface area contributed by atoms with E-state index in [1.807, 2.05) is 0 Å². The third-order valence-corrected chi connectivity index (χ3v) is 2.82. The summed E-state index contributed by atoms with van der Waals surface area (Å²) in [6.07, 6.45) is 1.28. The van der Waals surface area contributed by atoms with Crippen molar-refractivity contribution in [2.24, 2.45) is 0 Å². The number of ether oxygens (including phenoxy) is 1. The number of carbonyl (C=O) groups is 1. The Balaban J connectivity index is 2.41. The lowest BCUT2D eigenvalue weighted by Gasteiger charge is -2.19. The Hall–Kier alpha value is -2.83. The van der Waals surface area contributed by atoms with Gasteiger partial charge in [-0.2, -0.15) is 0 Å². The second-order valence-electron chi connectivity index (χ2n) is 4.00. The molecule has 7 heteroatoms. The molecule has 0 spiro atoms. The largest absolute Gasteiger partial charge is 0.488 e. The van der Waals surface area contributed by atoms with E-state index >= 15 is 0 Å². The summed E-state index contributed by atoms with van der Waals surface area (Å²) in [7, 11) is 3.09. The topological polar surface area (TPSA) is 95.5 Å². The average molecular weight is 275 g/mol. The van der Waals surface area contributed by atoms with Crippen molar-refractivity contribution in [3.8, 4) is 5.75 Å². The Morgan fingerprint density at radius 2 is 2.00 bits per heavy atom. The van der Waals surface area contributed by atoms with Gasteiger partial charge < -0.3 is 19.7 Å². The standard InChI is InChI=1S/C13H13N3O4/c1-16(9-5-3-8(4-6-9)13(18)19)11-10(20-2)12(17)15-7-14-11/h3-7H,1-2H3,(H,18,19)(H,14,15,17). The van der Waals surface area contributed by atoms with E-state index in [1.54, 1.807) is 24.1 Å². The van der Waals surface area contributed by atoms with Crippen LogP contribution in [0.5, 0.6) is 5.75 Å². The number of methoxy groups -OCH3 is 1. The van der Waals surface area contributed by atoms with Gasteiger partial charge in [-0.25, -0.2) is 9.78 Å². The second kappa shape index (κ2) is 5.43. The first-order valence-electron chi connectivity index (χ1n) is 5.73. The van der Waals surface area contributed by atoms with Crippen LogP contribution >= 0.6 is 0 Å². The zero-order chi connectivity index (χ0) is 14.7. The fourth-order valence-electron chi connectivity index (χ4n) is 1.75. The van der Waals surface area contributed by atoms with Gasteiger partial charge in [0.1, 0.15) is 0 Å². The Labute approximate surface area is 114 Å². The molecule has 0 aliphatic heterocycles. The molecule has 7 nitrogen and oxygen atoms in total. The van der Waals surface area contributed by atoms with E-state index in [9.17, 15) is 9.59 Å². The molecule has 0 amide bonds. The number of rotatable bonds is 4. The number of hydrogen-bond acceptors (Lipinski definition) is 5. The number of carboxylic acids is 1. The summed E-state index contributed by atoms with van der Waals surface area (Å²) in [5.74, 6) is -0.553. The van der Waals surface area contributed by atoms with Crippen LogP contribution in [0.4, 0.5) is 11.5 Å². The molecule has 0 saturated heterocycles. The van der Waals surface area contributed by atoms with E-state index in [1.165, 1.54) is 25.6 Å². The first-order valence-corrected chi connectivity index (χ1v) is 5.73. The third kappa shape index (κ3) is 2.46. The Morgan fingerprint density at radius 1 is 1.35 bits per heavy atom. The van der Waals surface area contributed by atoms with E-state index < -0.39 is 5.97 Å². The first kappa shape index (κ1) is 13.6. The molecule has 0 unspecified atom stereocenters. The van der Waals surface area contributed by atoms with Crippen molar-refractivity contribution in [1.82, 2.24) is 9.97 Å². The number of anilines is 2. The molecule has 20 heavy (non-hydrogen) atoms. The van der Waals surface area contributed by atoms with Gasteiger partial charge >= 0.3 is 5.97 Å². The second-order valence-corrected chi connectivity index (χ2v) is 4.00. The molecule has 2 N–H and O–H groups in total. The quantitative estimate of drug-likeness (QED) is 0.871. The predicted molar refractivity (Wildman–Crippen MR) is 72.9 cm³/mol. The van der Waals surface area contributed by atoms with Crippen LogP contribution < -0.4 is 15.2 Å². The third-order valence-electron chi connectivity index (χ3n) is 2.82. The van der Waals surface area contributed by atoms with Crippen LogP contribution in [-0.4, -0.2) is 35.2 Å². The highest BCUT2D eigenvalue weighted by Gasteiger charge is 2.15. The van der Waals surface area contributed by atoms with Crippen molar-refractivity contribution in [2.75, 3.05) is 19.1 Å². The predicted octanol–water partition coefficient (Wildman–Crippen LogP) is 1.24. The highest BCUT2D eigenvalue weighted by atomic mass is 16.5. The molecule has 0 aliphatic carbocycles. The molecule has 0 radical (unpaired) electrons. The van der Waals surface area contributed by atoms with Crippen LogP contribution in [0.2, 0.25) is 0 Å². The molecule has 0 aliphatic rings. The van der Waals surface area contributed by atoms with Crippen molar-refractivity contribution < 1.29 is 14.6 Å². The van der Waals surface area contributed by atoms with Gasteiger partial charge in [0.25, 0.3) is 5.56 Å². The molecule has 0 fully saturated rings. The van der Waals surface area contributed by atoms with Crippen LogP contribution in [0.3, 0.4) is 0 Å². The van der Waals surface area contributed by atoms with Crippen LogP contribution in [0.1, 0.15) is 10.4 Å². The molecule has 1 aromatic carbocycles. The highest BCUT2D eigenvalue weighted by Crippen LogP contribution is 2.27. The highest BCUT2D eigenvalue weighted by molar-refractivity contribution is 5.88. The Morgan fingerprint density at radius 3 is 2.55 bits per heavy atom. The van der Waals surface area contributed by atoms with Gasteiger partial charge in [0.2, 0.25) is 5.75 Å². The van der Waals surface area contributed by atoms with Crippen molar-refractivity contribution in [1.29, 1.82) is 0 Å². The van der Waals surface area contributed by atoms with Crippen LogP contribution in [-0.2, 0) is 0 Å². The van der Waals surface area contributed by atoms with Crippen LogP contribution in [0.25, 0.3) is 0 Å². The summed E-state index contributed by atoms with van der Waals surface area (Å²) in [5, 5.41) is 8.86. The summed E-state index contributed by atoms with van der Waals surface area (Å²) in [6, 6.07) is 6.22. The minimum atomic E-state index is -0.994. The van der Waals surface area contributed by atoms with Crippen molar-refractivity contribution in [2.45, 2.75) is 0 Å². The number of H-pyrrole nitrogens is 1. The zero-order valence-corrected chi connectivity index (χ0v) is 11.0. The summed E-state index contributed by atoms with van der Waals surface area (Å²) in [6.45, 7) is 0. The SMILES string of the molecule is COc1c(N(C)c2ccc(C(=O)O)cc2)nc[nH]c1=O. The summed E-state index contributed by atoms with van der Waals surface area (Å²) < 4.78 is 5.04. The summed E-state index contributed by atoms with van der Waals surface area (Å²) in [5.41, 5.74) is 0.492. The van der Waals surface area contributed by atoms with E-state index in [-0.39, 0.29) is 16.9 Å². The molecule has 104 valence electrons. The summed E-state index contributed by atoms with van der Waals surface area (Å²) in [4.78, 5) is 30.6. The number of nitrogens with one attached hydrogen (secondary N) is 1. The maximum Gasteiger partial charge on any atom is 0.335 e. The minimum Gasteiger partial charge on any atom is -0.488 e. The molecule has 1 heterocycles. The summed E-state index contributed by atoms with van der Waals surface area (Å²) >= 11 is 0. The van der Waals surface area contributed by atoms with Crippen LogP contribution in [0.15, 0.2) is 35.4 Å². The molecule has 2 rings (SSSR count). The first-order chi connectivity index (χ1) is 9.54. The van der Waals surface area contributed by atoms with Gasteiger partial charge in [-0.3, -0.25) is 4.79 Å². The lowest BCUT2D eigenvalue weighted by atomic mass is 10.2. The number of nitrogens with zero attached hydrogens (tertiary/aromatic N) is 2. The van der Waals surface area contributed by atoms with Gasteiger partial charge in [-0.05, 0) is 24.3 Å². The lowest BCUT2D eigenvalue weighted by molar-refractivity contribution is 0.0697. The van der Waals surface area contributed by atoms with E-state index in [2.05, 4.69) is 9.97 Å². The Bertz CT molecular complexity index is 679. The fourth-order valence-corrected chi connectivity index (χ4v) is 1.75. The van der Waals surface area contributed by atoms with Gasteiger partial charge in [0.15, 0.2) is 5.82 Å². The fraction of sp³-hybridized carbons (Fsp3) is 0.154. The normalized spacial score (nSPS) is 10.1. The number of aromatic carboxylic acids is 1. The lowest BCUT2D eigenvalue weighted by Crippen LogP contribution is -2.18. The molecule has 2 aromatic rings. The maximum atomic E-state index is 11.6. The van der Waals surface area contributed by atoms with Crippen molar-refractivity contribution in [3.05, 3.63) is 46.5 Å². The molecule has 0 bridgehead atoms. The Kier molecular flexibility index (Phi) is 3.69. The maximum absolute atomic E-state index is 11.6. The minimum absolute atomic E-state index is 0.0947. The average Bonchev–Trinajstić information content (AvgIpc) is 2.46. The van der Waals surface area contributed by atoms with E-state index in [4.69, 9.17) is 9.84 Å².